The summed E-state index contributed by atoms with van der Waals surface area (Å²) in [7, 11) is 0. The lowest BCUT2D eigenvalue weighted by atomic mass is 10.2. The molecular formula is C8H17NO2S. The highest BCUT2D eigenvalue weighted by molar-refractivity contribution is 7.98. The van der Waals surface area contributed by atoms with Crippen molar-refractivity contribution in [3.63, 3.8) is 0 Å². The quantitative estimate of drug-likeness (QED) is 0.717. The summed E-state index contributed by atoms with van der Waals surface area (Å²) in [6.45, 7) is 4.45. The maximum Gasteiger partial charge on any atom is 0.163 e. The van der Waals surface area contributed by atoms with E-state index in [9.17, 15) is 0 Å². The van der Waals surface area contributed by atoms with Crippen LogP contribution in [0.4, 0.5) is 0 Å². The molecule has 72 valence electrons. The molecule has 1 aliphatic heterocycles. The fourth-order valence-corrected chi connectivity index (χ4v) is 1.83. The van der Waals surface area contributed by atoms with Gasteiger partial charge in [-0.15, -0.1) is 0 Å². The highest BCUT2D eigenvalue weighted by Crippen LogP contribution is 2.24. The van der Waals surface area contributed by atoms with Gasteiger partial charge in [-0.25, -0.2) is 0 Å². The minimum absolute atomic E-state index is 0.0625. The van der Waals surface area contributed by atoms with Gasteiger partial charge in [0, 0.05) is 11.8 Å². The van der Waals surface area contributed by atoms with E-state index in [0.717, 1.165) is 5.75 Å². The standard InChI is InChI=1S/C8H17NO2S/c1-8(2)10-4-7(11-8)6(9)5-12-3/h6-7H,4-5,9H2,1-3H3/t6-,7-/m0/s1. The van der Waals surface area contributed by atoms with Crippen molar-refractivity contribution in [3.05, 3.63) is 0 Å². The lowest BCUT2D eigenvalue weighted by Gasteiger charge is -2.20. The van der Waals surface area contributed by atoms with Gasteiger partial charge in [-0.1, -0.05) is 0 Å². The summed E-state index contributed by atoms with van der Waals surface area (Å²) in [5.41, 5.74) is 5.88. The monoisotopic (exact) mass is 191 g/mol. The largest absolute Gasteiger partial charge is 0.348 e. The van der Waals surface area contributed by atoms with Gasteiger partial charge < -0.3 is 15.2 Å². The van der Waals surface area contributed by atoms with Crippen LogP contribution in [0.3, 0.4) is 0 Å². The molecule has 0 radical (unpaired) electrons. The zero-order valence-electron chi connectivity index (χ0n) is 7.87. The van der Waals surface area contributed by atoms with E-state index in [1.54, 1.807) is 11.8 Å². The van der Waals surface area contributed by atoms with Crippen LogP contribution in [0.1, 0.15) is 13.8 Å². The van der Waals surface area contributed by atoms with E-state index in [1.165, 1.54) is 0 Å². The minimum atomic E-state index is -0.444. The average Bonchev–Trinajstić information content (AvgIpc) is 2.31. The van der Waals surface area contributed by atoms with Crippen LogP contribution >= 0.6 is 11.8 Å². The lowest BCUT2D eigenvalue weighted by Crippen LogP contribution is -2.39. The second-order valence-corrected chi connectivity index (χ2v) is 4.40. The fourth-order valence-electron chi connectivity index (χ4n) is 1.23. The molecule has 0 bridgehead atoms. The first-order valence-electron chi connectivity index (χ1n) is 4.11. The number of hydrogen-bond acceptors (Lipinski definition) is 4. The zero-order valence-corrected chi connectivity index (χ0v) is 8.69. The van der Waals surface area contributed by atoms with Crippen molar-refractivity contribution < 1.29 is 9.47 Å². The molecule has 0 aromatic carbocycles. The van der Waals surface area contributed by atoms with Crippen molar-refractivity contribution in [1.82, 2.24) is 0 Å². The maximum absolute atomic E-state index is 5.88. The first-order valence-corrected chi connectivity index (χ1v) is 5.51. The highest BCUT2D eigenvalue weighted by Gasteiger charge is 2.35. The van der Waals surface area contributed by atoms with Crippen molar-refractivity contribution >= 4 is 11.8 Å². The van der Waals surface area contributed by atoms with Gasteiger partial charge in [-0.3, -0.25) is 0 Å². The number of hydrogen-bond donors (Lipinski definition) is 1. The molecule has 2 atom stereocenters. The second kappa shape index (κ2) is 3.96. The van der Waals surface area contributed by atoms with Crippen LogP contribution in [-0.2, 0) is 9.47 Å². The zero-order chi connectivity index (χ0) is 9.19. The minimum Gasteiger partial charge on any atom is -0.348 e. The van der Waals surface area contributed by atoms with Crippen molar-refractivity contribution in [2.75, 3.05) is 18.6 Å². The average molecular weight is 191 g/mol. The molecule has 0 aliphatic carbocycles. The molecule has 2 N–H and O–H groups in total. The number of rotatable bonds is 3. The van der Waals surface area contributed by atoms with E-state index in [-0.39, 0.29) is 12.1 Å². The summed E-state index contributed by atoms with van der Waals surface area (Å²) in [5, 5.41) is 0. The van der Waals surface area contributed by atoms with Gasteiger partial charge in [-0.05, 0) is 20.1 Å². The van der Waals surface area contributed by atoms with Gasteiger partial charge >= 0.3 is 0 Å². The summed E-state index contributed by atoms with van der Waals surface area (Å²) in [5.74, 6) is 0.477. The Bertz CT molecular complexity index is 152. The molecule has 12 heavy (non-hydrogen) atoms. The normalized spacial score (nSPS) is 30.5. The Hall–Kier alpha value is 0.230. The third-order valence-corrected chi connectivity index (χ3v) is 2.59. The van der Waals surface area contributed by atoms with Crippen molar-refractivity contribution in [2.24, 2.45) is 5.73 Å². The third kappa shape index (κ3) is 2.62. The highest BCUT2D eigenvalue weighted by atomic mass is 32.2. The molecule has 1 fully saturated rings. The number of thioether (sulfide) groups is 1. The first-order chi connectivity index (χ1) is 5.55. The molecular weight excluding hydrogens is 174 g/mol. The Balaban J connectivity index is 2.36. The van der Waals surface area contributed by atoms with Gasteiger partial charge in [-0.2, -0.15) is 11.8 Å². The molecule has 0 amide bonds. The van der Waals surface area contributed by atoms with Crippen LogP contribution in [0.25, 0.3) is 0 Å². The molecule has 0 unspecified atom stereocenters. The molecule has 3 nitrogen and oxygen atoms in total. The smallest absolute Gasteiger partial charge is 0.163 e. The summed E-state index contributed by atoms with van der Waals surface area (Å²) in [4.78, 5) is 0. The molecule has 1 heterocycles. The lowest BCUT2D eigenvalue weighted by molar-refractivity contribution is -0.139. The van der Waals surface area contributed by atoms with Gasteiger partial charge in [0.15, 0.2) is 5.79 Å². The van der Waals surface area contributed by atoms with E-state index < -0.39 is 5.79 Å². The molecule has 0 spiro atoms. The summed E-state index contributed by atoms with van der Waals surface area (Å²) >= 11 is 1.74. The first kappa shape index (κ1) is 10.3. The topological polar surface area (TPSA) is 44.5 Å². The molecule has 1 rings (SSSR count). The second-order valence-electron chi connectivity index (χ2n) is 3.49. The Morgan fingerprint density at radius 1 is 1.67 bits per heavy atom. The Morgan fingerprint density at radius 2 is 2.33 bits per heavy atom. The van der Waals surface area contributed by atoms with Crippen molar-refractivity contribution in [2.45, 2.75) is 31.8 Å². The Kier molecular flexibility index (Phi) is 3.40. The van der Waals surface area contributed by atoms with E-state index in [4.69, 9.17) is 15.2 Å². The molecule has 4 heteroatoms. The molecule has 0 saturated carbocycles. The van der Waals surface area contributed by atoms with Crippen LogP contribution < -0.4 is 5.73 Å². The van der Waals surface area contributed by atoms with Crippen LogP contribution in [-0.4, -0.2) is 36.5 Å². The molecule has 1 aliphatic rings. The van der Waals surface area contributed by atoms with E-state index in [2.05, 4.69) is 0 Å². The third-order valence-electron chi connectivity index (χ3n) is 1.87. The molecule has 0 aromatic rings. The predicted molar refractivity (Wildman–Crippen MR) is 51.3 cm³/mol. The maximum atomic E-state index is 5.88. The molecule has 1 saturated heterocycles. The summed E-state index contributed by atoms with van der Waals surface area (Å²) in [6, 6.07) is 0.0850. The Labute approximate surface area is 78.0 Å². The van der Waals surface area contributed by atoms with Crippen LogP contribution in [0.15, 0.2) is 0 Å². The Morgan fingerprint density at radius 3 is 2.75 bits per heavy atom. The van der Waals surface area contributed by atoms with Gasteiger partial charge in [0.1, 0.15) is 6.10 Å². The van der Waals surface area contributed by atoms with Gasteiger partial charge in [0.25, 0.3) is 0 Å². The van der Waals surface area contributed by atoms with Crippen LogP contribution in [0.2, 0.25) is 0 Å². The van der Waals surface area contributed by atoms with Gasteiger partial charge in [0.05, 0.1) is 6.61 Å². The number of ether oxygens (including phenoxy) is 2. The SMILES string of the molecule is CSC[C@H](N)[C@@H]1COC(C)(C)O1. The van der Waals surface area contributed by atoms with E-state index >= 15 is 0 Å². The van der Waals surface area contributed by atoms with Crippen LogP contribution in [0, 0.1) is 0 Å². The summed E-state index contributed by atoms with van der Waals surface area (Å²) in [6.07, 6.45) is 2.10. The van der Waals surface area contributed by atoms with E-state index in [0.29, 0.717) is 6.61 Å². The molecule has 0 aromatic heterocycles. The predicted octanol–water partition coefficient (Wildman–Crippen LogP) is 0.828. The van der Waals surface area contributed by atoms with Crippen molar-refractivity contribution in [1.29, 1.82) is 0 Å². The van der Waals surface area contributed by atoms with Crippen molar-refractivity contribution in [3.8, 4) is 0 Å². The van der Waals surface area contributed by atoms with E-state index in [1.807, 2.05) is 20.1 Å². The fraction of sp³-hybridized carbons (Fsp3) is 1.00. The van der Waals surface area contributed by atoms with Crippen LogP contribution in [0.5, 0.6) is 0 Å². The summed E-state index contributed by atoms with van der Waals surface area (Å²) < 4.78 is 11.0. The van der Waals surface area contributed by atoms with Gasteiger partial charge in [0.2, 0.25) is 0 Å². The number of nitrogens with two attached hydrogens (primary N) is 1.